The van der Waals surface area contributed by atoms with E-state index in [9.17, 15) is 4.79 Å². The number of anilines is 1. The van der Waals surface area contributed by atoms with Crippen LogP contribution in [0.25, 0.3) is 0 Å². The first-order valence-corrected chi connectivity index (χ1v) is 6.15. The SMILES string of the molecule is CCOC(=O)C[C@@]1(C)CCc2ccccc2N1. The molecule has 3 heteroatoms. The van der Waals surface area contributed by atoms with Crippen LogP contribution in [0.5, 0.6) is 0 Å². The average Bonchev–Trinajstić information content (AvgIpc) is 2.28. The topological polar surface area (TPSA) is 38.3 Å². The minimum Gasteiger partial charge on any atom is -0.466 e. The van der Waals surface area contributed by atoms with Gasteiger partial charge < -0.3 is 10.1 Å². The van der Waals surface area contributed by atoms with Crippen molar-refractivity contribution in [2.24, 2.45) is 0 Å². The highest BCUT2D eigenvalue weighted by atomic mass is 16.5. The molecule has 1 aliphatic rings. The van der Waals surface area contributed by atoms with Gasteiger partial charge in [0.1, 0.15) is 0 Å². The predicted octanol–water partition coefficient (Wildman–Crippen LogP) is 2.76. The molecule has 1 heterocycles. The number of hydrogen-bond acceptors (Lipinski definition) is 3. The fourth-order valence-electron chi connectivity index (χ4n) is 2.32. The lowest BCUT2D eigenvalue weighted by Crippen LogP contribution is -2.41. The number of aryl methyl sites for hydroxylation is 1. The van der Waals surface area contributed by atoms with E-state index in [1.165, 1.54) is 5.56 Å². The molecule has 1 aromatic carbocycles. The number of carbonyl (C=O) groups excluding carboxylic acids is 1. The third kappa shape index (κ3) is 2.78. The van der Waals surface area contributed by atoms with Gasteiger partial charge in [-0.25, -0.2) is 0 Å². The maximum Gasteiger partial charge on any atom is 0.308 e. The van der Waals surface area contributed by atoms with E-state index in [1.807, 2.05) is 13.0 Å². The molecule has 0 bridgehead atoms. The van der Waals surface area contributed by atoms with Crippen molar-refractivity contribution in [3.05, 3.63) is 29.8 Å². The van der Waals surface area contributed by atoms with Gasteiger partial charge in [-0.1, -0.05) is 18.2 Å². The monoisotopic (exact) mass is 233 g/mol. The third-order valence-corrected chi connectivity index (χ3v) is 3.24. The van der Waals surface area contributed by atoms with Gasteiger partial charge in [0.2, 0.25) is 0 Å². The number of rotatable bonds is 3. The Bertz CT molecular complexity index is 416. The van der Waals surface area contributed by atoms with Crippen LogP contribution >= 0.6 is 0 Å². The van der Waals surface area contributed by atoms with Gasteiger partial charge >= 0.3 is 5.97 Å². The zero-order chi connectivity index (χ0) is 12.3. The Morgan fingerprint density at radius 3 is 3.00 bits per heavy atom. The summed E-state index contributed by atoms with van der Waals surface area (Å²) < 4.78 is 5.02. The largest absolute Gasteiger partial charge is 0.466 e. The Balaban J connectivity index is 2.07. The molecule has 17 heavy (non-hydrogen) atoms. The summed E-state index contributed by atoms with van der Waals surface area (Å²) >= 11 is 0. The molecule has 1 aliphatic heterocycles. The smallest absolute Gasteiger partial charge is 0.308 e. The molecule has 1 atom stereocenters. The molecule has 0 radical (unpaired) electrons. The van der Waals surface area contributed by atoms with Gasteiger partial charge in [0.25, 0.3) is 0 Å². The fourth-order valence-corrected chi connectivity index (χ4v) is 2.32. The van der Waals surface area contributed by atoms with Crippen molar-refractivity contribution >= 4 is 11.7 Å². The van der Waals surface area contributed by atoms with Crippen LogP contribution in [0.4, 0.5) is 5.69 Å². The Morgan fingerprint density at radius 1 is 1.47 bits per heavy atom. The number of para-hydroxylation sites is 1. The molecule has 0 unspecified atom stereocenters. The summed E-state index contributed by atoms with van der Waals surface area (Å²) in [5.74, 6) is -0.123. The van der Waals surface area contributed by atoms with Gasteiger partial charge in [-0.05, 0) is 38.3 Å². The summed E-state index contributed by atoms with van der Waals surface area (Å²) in [4.78, 5) is 11.6. The van der Waals surface area contributed by atoms with Crippen LogP contribution in [-0.2, 0) is 16.0 Å². The summed E-state index contributed by atoms with van der Waals surface area (Å²) in [5, 5.41) is 3.46. The van der Waals surface area contributed by atoms with Crippen molar-refractivity contribution in [2.75, 3.05) is 11.9 Å². The quantitative estimate of drug-likeness (QED) is 0.816. The Kier molecular flexibility index (Phi) is 3.36. The standard InChI is InChI=1S/C14H19NO2/c1-3-17-13(16)10-14(2)9-8-11-6-4-5-7-12(11)15-14/h4-7,15H,3,8-10H2,1-2H3/t14-/m1/s1. The van der Waals surface area contributed by atoms with E-state index in [-0.39, 0.29) is 11.5 Å². The Labute approximate surface area is 102 Å². The van der Waals surface area contributed by atoms with Crippen LogP contribution in [0.3, 0.4) is 0 Å². The van der Waals surface area contributed by atoms with E-state index >= 15 is 0 Å². The van der Waals surface area contributed by atoms with Gasteiger partial charge in [-0.15, -0.1) is 0 Å². The number of ether oxygens (including phenoxy) is 1. The second-order valence-corrected chi connectivity index (χ2v) is 4.82. The van der Waals surface area contributed by atoms with E-state index < -0.39 is 0 Å². The number of hydrogen-bond donors (Lipinski definition) is 1. The minimum absolute atomic E-state index is 0.123. The van der Waals surface area contributed by atoms with E-state index in [4.69, 9.17) is 4.74 Å². The molecule has 0 amide bonds. The van der Waals surface area contributed by atoms with Crippen molar-refractivity contribution in [3.63, 3.8) is 0 Å². The highest BCUT2D eigenvalue weighted by Gasteiger charge is 2.31. The third-order valence-electron chi connectivity index (χ3n) is 3.24. The molecule has 0 aromatic heterocycles. The van der Waals surface area contributed by atoms with Crippen LogP contribution < -0.4 is 5.32 Å². The number of esters is 1. The van der Waals surface area contributed by atoms with Crippen LogP contribution in [0.1, 0.15) is 32.3 Å². The van der Waals surface area contributed by atoms with Crippen molar-refractivity contribution in [3.8, 4) is 0 Å². The normalized spacial score (nSPS) is 22.5. The first-order valence-electron chi connectivity index (χ1n) is 6.15. The summed E-state index contributed by atoms with van der Waals surface area (Å²) in [7, 11) is 0. The van der Waals surface area contributed by atoms with Gasteiger partial charge in [0.05, 0.1) is 13.0 Å². The van der Waals surface area contributed by atoms with Crippen molar-refractivity contribution < 1.29 is 9.53 Å². The van der Waals surface area contributed by atoms with Crippen molar-refractivity contribution in [1.29, 1.82) is 0 Å². The molecular weight excluding hydrogens is 214 g/mol. The lowest BCUT2D eigenvalue weighted by molar-refractivity contribution is -0.144. The second kappa shape index (κ2) is 4.78. The van der Waals surface area contributed by atoms with Crippen molar-refractivity contribution in [2.45, 2.75) is 38.6 Å². The molecular formula is C14H19NO2. The molecule has 92 valence electrons. The summed E-state index contributed by atoms with van der Waals surface area (Å²) in [5.41, 5.74) is 2.29. The number of benzene rings is 1. The molecule has 0 saturated carbocycles. The number of fused-ring (bicyclic) bond motifs is 1. The highest BCUT2D eigenvalue weighted by Crippen LogP contribution is 2.32. The first-order chi connectivity index (χ1) is 8.13. The van der Waals surface area contributed by atoms with Gasteiger partial charge in [-0.2, -0.15) is 0 Å². The summed E-state index contributed by atoms with van der Waals surface area (Å²) in [6.45, 7) is 4.37. The summed E-state index contributed by atoms with van der Waals surface area (Å²) in [6, 6.07) is 8.26. The number of carbonyl (C=O) groups is 1. The molecule has 0 fully saturated rings. The van der Waals surface area contributed by atoms with Gasteiger partial charge in [0.15, 0.2) is 0 Å². The Morgan fingerprint density at radius 2 is 2.24 bits per heavy atom. The van der Waals surface area contributed by atoms with Gasteiger partial charge in [0, 0.05) is 11.2 Å². The van der Waals surface area contributed by atoms with Crippen molar-refractivity contribution in [1.82, 2.24) is 0 Å². The maximum absolute atomic E-state index is 11.6. The molecule has 1 N–H and O–H groups in total. The molecule has 0 spiro atoms. The van der Waals surface area contributed by atoms with E-state index in [0.29, 0.717) is 13.0 Å². The van der Waals surface area contributed by atoms with Crippen LogP contribution in [0.2, 0.25) is 0 Å². The minimum atomic E-state index is -0.180. The van der Waals surface area contributed by atoms with Crippen LogP contribution in [0.15, 0.2) is 24.3 Å². The first kappa shape index (κ1) is 12.0. The van der Waals surface area contributed by atoms with Crippen LogP contribution in [-0.4, -0.2) is 18.1 Å². The summed E-state index contributed by atoms with van der Waals surface area (Å²) in [6.07, 6.45) is 2.40. The lowest BCUT2D eigenvalue weighted by Gasteiger charge is -2.36. The predicted molar refractivity (Wildman–Crippen MR) is 68.0 cm³/mol. The zero-order valence-corrected chi connectivity index (χ0v) is 10.5. The molecule has 0 saturated heterocycles. The fraction of sp³-hybridized carbons (Fsp3) is 0.500. The maximum atomic E-state index is 11.6. The second-order valence-electron chi connectivity index (χ2n) is 4.82. The molecule has 1 aromatic rings. The number of nitrogens with one attached hydrogen (secondary N) is 1. The highest BCUT2D eigenvalue weighted by molar-refractivity contribution is 5.72. The van der Waals surface area contributed by atoms with Crippen LogP contribution in [0, 0.1) is 0 Å². The molecule has 3 nitrogen and oxygen atoms in total. The van der Waals surface area contributed by atoms with E-state index in [1.54, 1.807) is 0 Å². The van der Waals surface area contributed by atoms with E-state index in [0.717, 1.165) is 18.5 Å². The van der Waals surface area contributed by atoms with Gasteiger partial charge in [-0.3, -0.25) is 4.79 Å². The average molecular weight is 233 g/mol. The zero-order valence-electron chi connectivity index (χ0n) is 10.5. The molecule has 2 rings (SSSR count). The molecule has 0 aliphatic carbocycles. The Hall–Kier alpha value is -1.51. The lowest BCUT2D eigenvalue weighted by atomic mass is 9.85. The van der Waals surface area contributed by atoms with E-state index in [2.05, 4.69) is 30.4 Å².